The highest BCUT2D eigenvalue weighted by Gasteiger charge is 2.54. The zero-order valence-electron chi connectivity index (χ0n) is 16.4. The summed E-state index contributed by atoms with van der Waals surface area (Å²) in [6, 6.07) is 12.0. The third-order valence-corrected chi connectivity index (χ3v) is 7.40. The van der Waals surface area contributed by atoms with Crippen molar-refractivity contribution in [1.82, 2.24) is 14.7 Å². The Labute approximate surface area is 175 Å². The fourth-order valence-electron chi connectivity index (χ4n) is 4.28. The molecule has 0 radical (unpaired) electrons. The van der Waals surface area contributed by atoms with E-state index >= 15 is 0 Å². The predicted molar refractivity (Wildman–Crippen MR) is 114 cm³/mol. The molecule has 3 heterocycles. The second-order valence-electron chi connectivity index (χ2n) is 7.91. The maximum atomic E-state index is 13.3. The molecule has 0 atom stereocenters. The number of nitrogens with one attached hydrogen (secondary N) is 1. The molecule has 5 rings (SSSR count). The molecule has 7 nitrogen and oxygen atoms in total. The van der Waals surface area contributed by atoms with Crippen LogP contribution in [0.5, 0.6) is 0 Å². The van der Waals surface area contributed by atoms with E-state index in [0.717, 1.165) is 37.3 Å². The van der Waals surface area contributed by atoms with Gasteiger partial charge in [-0.1, -0.05) is 12.1 Å². The number of fused-ring (bicyclic) bond motifs is 1. The van der Waals surface area contributed by atoms with Gasteiger partial charge in [0.1, 0.15) is 5.82 Å². The van der Waals surface area contributed by atoms with Crippen molar-refractivity contribution in [1.29, 1.82) is 0 Å². The summed E-state index contributed by atoms with van der Waals surface area (Å²) in [5.41, 5.74) is 0.541. The van der Waals surface area contributed by atoms with Gasteiger partial charge in [0.15, 0.2) is 0 Å². The van der Waals surface area contributed by atoms with Crippen LogP contribution >= 0.6 is 0 Å². The summed E-state index contributed by atoms with van der Waals surface area (Å²) in [6.45, 7) is 1.81. The molecular weight excluding hydrogens is 400 g/mol. The lowest BCUT2D eigenvalue weighted by molar-refractivity contribution is -0.121. The summed E-state index contributed by atoms with van der Waals surface area (Å²) in [5.74, 6) is 0.311. The summed E-state index contributed by atoms with van der Waals surface area (Å²) < 4.78 is 28.6. The van der Waals surface area contributed by atoms with Gasteiger partial charge in [-0.15, -0.1) is 0 Å². The lowest BCUT2D eigenvalue weighted by Gasteiger charge is -2.24. The molecule has 1 amide bonds. The minimum absolute atomic E-state index is 0.0585. The Morgan fingerprint density at radius 2 is 1.70 bits per heavy atom. The quantitative estimate of drug-likeness (QED) is 0.680. The third-order valence-electron chi connectivity index (χ3n) is 6.01. The number of carbonyl (C=O) groups excluding carboxylic acids is 1. The summed E-state index contributed by atoms with van der Waals surface area (Å²) in [6.07, 6.45) is 6.75. The number of hydrogen-bond acceptors (Lipinski definition) is 6. The first-order chi connectivity index (χ1) is 14.5. The van der Waals surface area contributed by atoms with E-state index in [1.165, 1.54) is 6.07 Å². The standard InChI is InChI=1S/C22H22N4O3S/c27-21(25-30(28,29)19-9-3-8-18-16(19)6-4-12-23-18)22(10-11-22)17-7-5-13-24-20(17)26-14-1-2-15-26/h3-9,12-13H,1-2,10-11,14-15H2,(H,25,27). The predicted octanol–water partition coefficient (Wildman–Crippen LogP) is 2.77. The highest BCUT2D eigenvalue weighted by Crippen LogP contribution is 2.51. The Kier molecular flexibility index (Phi) is 4.47. The molecule has 1 aliphatic carbocycles. The fraction of sp³-hybridized carbons (Fsp3) is 0.318. The highest BCUT2D eigenvalue weighted by atomic mass is 32.2. The van der Waals surface area contributed by atoms with Crippen LogP contribution in [0.2, 0.25) is 0 Å². The summed E-state index contributed by atoms with van der Waals surface area (Å²) in [4.78, 5) is 24.3. The molecule has 30 heavy (non-hydrogen) atoms. The van der Waals surface area contributed by atoms with E-state index in [1.54, 1.807) is 36.7 Å². The molecule has 2 aromatic heterocycles. The zero-order valence-corrected chi connectivity index (χ0v) is 17.2. The van der Waals surface area contributed by atoms with Crippen molar-refractivity contribution in [3.05, 3.63) is 60.4 Å². The number of sulfonamides is 1. The SMILES string of the molecule is O=C(NS(=O)(=O)c1cccc2ncccc12)C1(c2cccnc2N2CCCC2)CC1. The van der Waals surface area contributed by atoms with E-state index in [0.29, 0.717) is 23.7 Å². The van der Waals surface area contributed by atoms with Crippen LogP contribution in [0.15, 0.2) is 59.8 Å². The number of nitrogens with zero attached hydrogens (tertiary/aromatic N) is 3. The molecule has 1 aromatic carbocycles. The Balaban J connectivity index is 1.48. The van der Waals surface area contributed by atoms with Crippen LogP contribution in [0.4, 0.5) is 5.82 Å². The average molecular weight is 423 g/mol. The number of pyridine rings is 2. The lowest BCUT2D eigenvalue weighted by atomic mass is 9.95. The molecule has 3 aromatic rings. The minimum atomic E-state index is -4.04. The van der Waals surface area contributed by atoms with Crippen molar-refractivity contribution in [3.8, 4) is 0 Å². The maximum Gasteiger partial charge on any atom is 0.264 e. The molecule has 1 N–H and O–H groups in total. The first-order valence-electron chi connectivity index (χ1n) is 10.1. The summed E-state index contributed by atoms with van der Waals surface area (Å²) in [5, 5.41) is 0.490. The molecule has 1 saturated carbocycles. The van der Waals surface area contributed by atoms with Gasteiger partial charge in [-0.3, -0.25) is 9.78 Å². The lowest BCUT2D eigenvalue weighted by Crippen LogP contribution is -2.39. The number of amides is 1. The van der Waals surface area contributed by atoms with Crippen molar-refractivity contribution >= 4 is 32.7 Å². The largest absolute Gasteiger partial charge is 0.356 e. The van der Waals surface area contributed by atoms with Crippen LogP contribution in [0.1, 0.15) is 31.2 Å². The minimum Gasteiger partial charge on any atom is -0.356 e. The van der Waals surface area contributed by atoms with Gasteiger partial charge in [0, 0.05) is 36.4 Å². The van der Waals surface area contributed by atoms with Gasteiger partial charge >= 0.3 is 0 Å². The molecule has 1 saturated heterocycles. The van der Waals surface area contributed by atoms with Crippen molar-refractivity contribution in [2.45, 2.75) is 36.0 Å². The van der Waals surface area contributed by atoms with Gasteiger partial charge in [-0.2, -0.15) is 0 Å². The van der Waals surface area contributed by atoms with Gasteiger partial charge in [0.25, 0.3) is 10.0 Å². The monoisotopic (exact) mass is 422 g/mol. The van der Waals surface area contributed by atoms with Crippen LogP contribution in [-0.2, 0) is 20.2 Å². The van der Waals surface area contributed by atoms with Crippen molar-refractivity contribution in [2.75, 3.05) is 18.0 Å². The van der Waals surface area contributed by atoms with E-state index in [2.05, 4.69) is 19.6 Å². The van der Waals surface area contributed by atoms with Crippen LogP contribution in [0.3, 0.4) is 0 Å². The second-order valence-corrected chi connectivity index (χ2v) is 9.56. The molecule has 1 aliphatic heterocycles. The summed E-state index contributed by atoms with van der Waals surface area (Å²) in [7, 11) is -4.04. The third kappa shape index (κ3) is 3.11. The van der Waals surface area contributed by atoms with Gasteiger partial charge in [0.05, 0.1) is 15.8 Å². The normalized spacial score (nSPS) is 17.8. The smallest absolute Gasteiger partial charge is 0.264 e. The molecule has 0 spiro atoms. The van der Waals surface area contributed by atoms with Crippen LogP contribution < -0.4 is 9.62 Å². The molecular formula is C22H22N4O3S. The van der Waals surface area contributed by atoms with Gasteiger partial charge < -0.3 is 4.90 Å². The Morgan fingerprint density at radius 3 is 2.47 bits per heavy atom. The van der Waals surface area contributed by atoms with E-state index in [1.807, 2.05) is 12.1 Å². The van der Waals surface area contributed by atoms with Gasteiger partial charge in [-0.25, -0.2) is 18.1 Å². The number of benzene rings is 1. The Bertz CT molecular complexity index is 1230. The van der Waals surface area contributed by atoms with Crippen molar-refractivity contribution < 1.29 is 13.2 Å². The maximum absolute atomic E-state index is 13.3. The number of hydrogen-bond donors (Lipinski definition) is 1. The number of anilines is 1. The van der Waals surface area contributed by atoms with E-state index in [4.69, 9.17) is 0 Å². The fourth-order valence-corrected chi connectivity index (χ4v) is 5.55. The number of rotatable bonds is 5. The molecule has 0 unspecified atom stereocenters. The molecule has 2 aliphatic rings. The first kappa shape index (κ1) is 19.0. The van der Waals surface area contributed by atoms with Gasteiger partial charge in [-0.05, 0) is 56.0 Å². The van der Waals surface area contributed by atoms with Crippen LogP contribution in [-0.4, -0.2) is 37.4 Å². The first-order valence-corrected chi connectivity index (χ1v) is 11.6. The molecule has 8 heteroatoms. The Hall–Kier alpha value is -3.00. The van der Waals surface area contributed by atoms with Crippen molar-refractivity contribution in [3.63, 3.8) is 0 Å². The van der Waals surface area contributed by atoms with Gasteiger partial charge in [0.2, 0.25) is 5.91 Å². The number of carbonyl (C=O) groups is 1. The molecule has 154 valence electrons. The Morgan fingerprint density at radius 1 is 0.967 bits per heavy atom. The van der Waals surface area contributed by atoms with E-state index < -0.39 is 21.3 Å². The highest BCUT2D eigenvalue weighted by molar-refractivity contribution is 7.90. The summed E-state index contributed by atoms with van der Waals surface area (Å²) >= 11 is 0. The van der Waals surface area contributed by atoms with Crippen LogP contribution in [0.25, 0.3) is 10.9 Å². The zero-order chi connectivity index (χ0) is 20.8. The average Bonchev–Trinajstić information content (AvgIpc) is 3.39. The van der Waals surface area contributed by atoms with E-state index in [-0.39, 0.29) is 4.90 Å². The molecule has 0 bridgehead atoms. The molecule has 2 fully saturated rings. The topological polar surface area (TPSA) is 92.3 Å². The van der Waals surface area contributed by atoms with E-state index in [9.17, 15) is 13.2 Å². The second kappa shape index (κ2) is 7.05. The number of aromatic nitrogens is 2. The van der Waals surface area contributed by atoms with Crippen molar-refractivity contribution in [2.24, 2.45) is 0 Å². The van der Waals surface area contributed by atoms with Crippen LogP contribution in [0, 0.1) is 0 Å².